The number of nitrogens with zero attached hydrogens (tertiary/aromatic N) is 4. The van der Waals surface area contributed by atoms with Gasteiger partial charge in [0.05, 0.1) is 12.2 Å². The highest BCUT2D eigenvalue weighted by molar-refractivity contribution is 4.99. The zero-order valence-electron chi connectivity index (χ0n) is 8.28. The summed E-state index contributed by atoms with van der Waals surface area (Å²) in [5.41, 5.74) is 0.975. The van der Waals surface area contributed by atoms with Crippen LogP contribution in [0, 0.1) is 11.8 Å². The van der Waals surface area contributed by atoms with E-state index >= 15 is 0 Å². The molecule has 0 bridgehead atoms. The molecule has 0 aliphatic heterocycles. The first-order valence-electron chi connectivity index (χ1n) is 4.15. The molecule has 0 unspecified atom stereocenters. The fraction of sp³-hybridized carbons (Fsp3) is 0.556. The maximum Gasteiger partial charge on any atom is 0.0967 e. The van der Waals surface area contributed by atoms with Gasteiger partial charge >= 0.3 is 0 Å². The molecule has 0 aliphatic carbocycles. The van der Waals surface area contributed by atoms with Gasteiger partial charge in [-0.3, -0.25) is 9.58 Å². The molecule has 70 valence electrons. The molecule has 4 nitrogen and oxygen atoms in total. The van der Waals surface area contributed by atoms with Crippen molar-refractivity contribution in [2.45, 2.75) is 13.5 Å². The minimum Gasteiger partial charge on any atom is -0.289 e. The summed E-state index contributed by atoms with van der Waals surface area (Å²) in [6.07, 6.45) is 1.91. The average molecular weight is 178 g/mol. The van der Waals surface area contributed by atoms with Crippen molar-refractivity contribution < 1.29 is 0 Å². The lowest BCUT2D eigenvalue weighted by Crippen LogP contribution is -2.18. The highest BCUT2D eigenvalue weighted by Crippen LogP contribution is 1.95. The van der Waals surface area contributed by atoms with E-state index in [4.69, 9.17) is 0 Å². The zero-order valence-corrected chi connectivity index (χ0v) is 8.28. The second-order valence-corrected chi connectivity index (χ2v) is 2.98. The SMILES string of the molecule is CC#CCN(C)Cc1cn(C)nn1. The molecule has 0 aliphatic rings. The summed E-state index contributed by atoms with van der Waals surface area (Å²) < 4.78 is 1.70. The molecule has 0 fully saturated rings. The molecule has 0 saturated heterocycles. The summed E-state index contributed by atoms with van der Waals surface area (Å²) in [6, 6.07) is 0. The van der Waals surface area contributed by atoms with E-state index in [0.29, 0.717) is 0 Å². The third-order valence-electron chi connectivity index (χ3n) is 1.61. The molecule has 0 N–H and O–H groups in total. The van der Waals surface area contributed by atoms with Crippen LogP contribution in [0.5, 0.6) is 0 Å². The summed E-state index contributed by atoms with van der Waals surface area (Å²) in [6.45, 7) is 3.41. The van der Waals surface area contributed by atoms with Gasteiger partial charge in [0.15, 0.2) is 0 Å². The van der Waals surface area contributed by atoms with Crippen LogP contribution in [0.15, 0.2) is 6.20 Å². The lowest BCUT2D eigenvalue weighted by molar-refractivity contribution is 0.364. The van der Waals surface area contributed by atoms with E-state index < -0.39 is 0 Å². The van der Waals surface area contributed by atoms with Gasteiger partial charge in [-0.15, -0.1) is 11.0 Å². The van der Waals surface area contributed by atoms with E-state index in [-0.39, 0.29) is 0 Å². The second kappa shape index (κ2) is 4.63. The summed E-state index contributed by atoms with van der Waals surface area (Å²) in [5.74, 6) is 5.85. The molecular formula is C9H14N4. The normalized spacial score (nSPS) is 9.85. The van der Waals surface area contributed by atoms with Crippen molar-refractivity contribution in [3.8, 4) is 11.8 Å². The van der Waals surface area contributed by atoms with Crippen molar-refractivity contribution >= 4 is 0 Å². The summed E-state index contributed by atoms with van der Waals surface area (Å²) in [7, 11) is 3.88. The Morgan fingerprint density at radius 2 is 2.38 bits per heavy atom. The summed E-state index contributed by atoms with van der Waals surface area (Å²) in [4.78, 5) is 2.10. The summed E-state index contributed by atoms with van der Waals surface area (Å²) >= 11 is 0. The molecule has 1 aromatic rings. The van der Waals surface area contributed by atoms with E-state index in [9.17, 15) is 0 Å². The van der Waals surface area contributed by atoms with Crippen molar-refractivity contribution in [2.24, 2.45) is 7.05 Å². The van der Waals surface area contributed by atoms with Gasteiger partial charge in [0, 0.05) is 19.8 Å². The van der Waals surface area contributed by atoms with Crippen LogP contribution < -0.4 is 0 Å². The lowest BCUT2D eigenvalue weighted by Gasteiger charge is -2.09. The first-order chi connectivity index (χ1) is 6.22. The number of rotatable bonds is 3. The Labute approximate surface area is 78.5 Å². The minimum atomic E-state index is 0.771. The molecule has 0 amide bonds. The quantitative estimate of drug-likeness (QED) is 0.623. The van der Waals surface area contributed by atoms with Crippen molar-refractivity contribution in [1.82, 2.24) is 19.9 Å². The second-order valence-electron chi connectivity index (χ2n) is 2.98. The van der Waals surface area contributed by atoms with Crippen molar-refractivity contribution in [2.75, 3.05) is 13.6 Å². The third-order valence-corrected chi connectivity index (χ3v) is 1.61. The standard InChI is InChI=1S/C9H14N4/c1-4-5-6-12(2)7-9-8-13(3)11-10-9/h8H,6-7H2,1-3H3. The van der Waals surface area contributed by atoms with Crippen molar-refractivity contribution in [3.63, 3.8) is 0 Å². The predicted molar refractivity (Wildman–Crippen MR) is 50.8 cm³/mol. The van der Waals surface area contributed by atoms with Gasteiger partial charge in [-0.25, -0.2) is 0 Å². The van der Waals surface area contributed by atoms with Gasteiger partial charge in [-0.2, -0.15) is 0 Å². The van der Waals surface area contributed by atoms with Crippen LogP contribution in [0.2, 0.25) is 0 Å². The van der Waals surface area contributed by atoms with E-state index in [1.165, 1.54) is 0 Å². The lowest BCUT2D eigenvalue weighted by atomic mass is 10.4. The van der Waals surface area contributed by atoms with Gasteiger partial charge in [0.2, 0.25) is 0 Å². The molecule has 4 heteroatoms. The molecule has 1 rings (SSSR count). The molecular weight excluding hydrogens is 164 g/mol. The number of hydrogen-bond acceptors (Lipinski definition) is 3. The highest BCUT2D eigenvalue weighted by Gasteiger charge is 2.01. The maximum atomic E-state index is 3.99. The zero-order chi connectivity index (χ0) is 9.68. The van der Waals surface area contributed by atoms with Crippen molar-refractivity contribution in [1.29, 1.82) is 0 Å². The first-order valence-corrected chi connectivity index (χ1v) is 4.15. The Balaban J connectivity index is 2.43. The largest absolute Gasteiger partial charge is 0.289 e. The van der Waals surface area contributed by atoms with E-state index in [1.807, 2.05) is 27.2 Å². The van der Waals surface area contributed by atoms with E-state index in [1.54, 1.807) is 4.68 Å². The van der Waals surface area contributed by atoms with Gasteiger partial charge in [-0.1, -0.05) is 11.1 Å². The van der Waals surface area contributed by atoms with Crippen LogP contribution >= 0.6 is 0 Å². The molecule has 0 aromatic carbocycles. The van der Waals surface area contributed by atoms with Crippen LogP contribution in [-0.4, -0.2) is 33.5 Å². The topological polar surface area (TPSA) is 34.0 Å². The Morgan fingerprint density at radius 3 is 2.92 bits per heavy atom. The first kappa shape index (κ1) is 9.75. The Bertz CT molecular complexity index is 318. The van der Waals surface area contributed by atoms with Gasteiger partial charge in [0.1, 0.15) is 0 Å². The molecule has 1 heterocycles. The van der Waals surface area contributed by atoms with Crippen LogP contribution in [-0.2, 0) is 13.6 Å². The van der Waals surface area contributed by atoms with Gasteiger partial charge < -0.3 is 0 Å². The number of hydrogen-bond donors (Lipinski definition) is 0. The highest BCUT2D eigenvalue weighted by atomic mass is 15.4. The average Bonchev–Trinajstić information content (AvgIpc) is 2.48. The van der Waals surface area contributed by atoms with Crippen LogP contribution in [0.25, 0.3) is 0 Å². The fourth-order valence-electron chi connectivity index (χ4n) is 1.01. The maximum absolute atomic E-state index is 3.99. The number of aromatic nitrogens is 3. The summed E-state index contributed by atoms with van der Waals surface area (Å²) in [5, 5.41) is 7.84. The molecule has 0 spiro atoms. The molecule has 0 saturated carbocycles. The molecule has 13 heavy (non-hydrogen) atoms. The molecule has 1 aromatic heterocycles. The Morgan fingerprint density at radius 1 is 1.62 bits per heavy atom. The van der Waals surface area contributed by atoms with Gasteiger partial charge in [-0.05, 0) is 14.0 Å². The van der Waals surface area contributed by atoms with Crippen LogP contribution in [0.4, 0.5) is 0 Å². The van der Waals surface area contributed by atoms with Crippen LogP contribution in [0.1, 0.15) is 12.6 Å². The molecule has 0 atom stereocenters. The fourth-order valence-corrected chi connectivity index (χ4v) is 1.01. The smallest absolute Gasteiger partial charge is 0.0967 e. The number of aryl methyl sites for hydroxylation is 1. The monoisotopic (exact) mass is 178 g/mol. The van der Waals surface area contributed by atoms with Crippen molar-refractivity contribution in [3.05, 3.63) is 11.9 Å². The Kier molecular flexibility index (Phi) is 3.47. The van der Waals surface area contributed by atoms with Gasteiger partial charge in [0.25, 0.3) is 0 Å². The molecule has 0 radical (unpaired) electrons. The predicted octanol–water partition coefficient (Wildman–Crippen LogP) is 0.270. The van der Waals surface area contributed by atoms with Crippen LogP contribution in [0.3, 0.4) is 0 Å². The third kappa shape index (κ3) is 3.26. The van der Waals surface area contributed by atoms with E-state index in [2.05, 4.69) is 27.1 Å². The van der Waals surface area contributed by atoms with E-state index in [0.717, 1.165) is 18.8 Å². The minimum absolute atomic E-state index is 0.771. The Hall–Kier alpha value is -1.34.